The van der Waals surface area contributed by atoms with Gasteiger partial charge < -0.3 is 19.5 Å². The van der Waals surface area contributed by atoms with Crippen LogP contribution in [0, 0.1) is 0 Å². The molecule has 0 aliphatic carbocycles. The Morgan fingerprint density at radius 1 is 1.09 bits per heavy atom. The maximum absolute atomic E-state index is 5.72. The van der Waals surface area contributed by atoms with Crippen LogP contribution in [0.25, 0.3) is 0 Å². The quantitative estimate of drug-likeness (QED) is 0.831. The Hall–Kier alpha value is -2.20. The van der Waals surface area contributed by atoms with E-state index in [1.807, 2.05) is 24.3 Å². The predicted octanol–water partition coefficient (Wildman–Crippen LogP) is 3.26. The van der Waals surface area contributed by atoms with Gasteiger partial charge in [-0.2, -0.15) is 0 Å². The summed E-state index contributed by atoms with van der Waals surface area (Å²) in [7, 11) is 1.65. The van der Waals surface area contributed by atoms with Crippen LogP contribution in [-0.4, -0.2) is 26.9 Å². The first-order chi connectivity index (χ1) is 10.8. The molecule has 1 aliphatic rings. The average Bonchev–Trinajstić information content (AvgIpc) is 2.59. The van der Waals surface area contributed by atoms with Crippen LogP contribution < -0.4 is 14.8 Å². The molecule has 0 radical (unpaired) electrons. The van der Waals surface area contributed by atoms with Crippen LogP contribution in [0.4, 0.5) is 5.69 Å². The highest BCUT2D eigenvalue weighted by molar-refractivity contribution is 5.49. The number of rotatable bonds is 6. The fourth-order valence-corrected chi connectivity index (χ4v) is 2.53. The van der Waals surface area contributed by atoms with E-state index in [0.717, 1.165) is 36.8 Å². The van der Waals surface area contributed by atoms with E-state index in [0.29, 0.717) is 13.2 Å². The highest BCUT2D eigenvalue weighted by atomic mass is 16.5. The number of ether oxygens (including phenoxy) is 3. The highest BCUT2D eigenvalue weighted by Gasteiger charge is 2.09. The van der Waals surface area contributed by atoms with Crippen molar-refractivity contribution in [2.24, 2.45) is 0 Å². The number of anilines is 1. The molecule has 2 aromatic carbocycles. The van der Waals surface area contributed by atoms with Gasteiger partial charge in [0.05, 0.1) is 20.3 Å². The van der Waals surface area contributed by atoms with Crippen molar-refractivity contribution in [1.29, 1.82) is 0 Å². The van der Waals surface area contributed by atoms with E-state index >= 15 is 0 Å². The molecule has 1 heterocycles. The maximum Gasteiger partial charge on any atom is 0.123 e. The van der Waals surface area contributed by atoms with Gasteiger partial charge in [-0.05, 0) is 41.8 Å². The van der Waals surface area contributed by atoms with Crippen LogP contribution in [0.1, 0.15) is 11.1 Å². The third-order valence-electron chi connectivity index (χ3n) is 3.72. The van der Waals surface area contributed by atoms with Gasteiger partial charge in [-0.3, -0.25) is 0 Å². The molecule has 1 N–H and O–H groups in total. The van der Waals surface area contributed by atoms with Crippen molar-refractivity contribution in [1.82, 2.24) is 0 Å². The van der Waals surface area contributed by atoms with Crippen molar-refractivity contribution in [3.8, 4) is 11.5 Å². The first-order valence-electron chi connectivity index (χ1n) is 7.55. The lowest BCUT2D eigenvalue weighted by atomic mass is 10.0. The lowest BCUT2D eigenvalue weighted by Crippen LogP contribution is -2.13. The van der Waals surface area contributed by atoms with E-state index in [-0.39, 0.29) is 0 Å². The molecular weight excluding hydrogens is 278 g/mol. The minimum Gasteiger partial charge on any atom is -0.497 e. The van der Waals surface area contributed by atoms with Crippen LogP contribution in [0.15, 0.2) is 42.5 Å². The molecule has 0 bridgehead atoms. The standard InChI is InChI=1S/C18H21NO3/c1-20-17-3-2-4-18(12-17)22-10-8-19-16-6-5-14-7-9-21-13-15(14)11-16/h2-6,11-12,19H,7-10,13H2,1H3. The largest absolute Gasteiger partial charge is 0.497 e. The van der Waals surface area contributed by atoms with Crippen molar-refractivity contribution in [3.05, 3.63) is 53.6 Å². The van der Waals surface area contributed by atoms with Crippen LogP contribution in [-0.2, 0) is 17.8 Å². The molecule has 1 aliphatic heterocycles. The van der Waals surface area contributed by atoms with E-state index in [4.69, 9.17) is 14.2 Å². The van der Waals surface area contributed by atoms with Crippen molar-refractivity contribution < 1.29 is 14.2 Å². The molecule has 0 aromatic heterocycles. The van der Waals surface area contributed by atoms with Gasteiger partial charge in [-0.1, -0.05) is 12.1 Å². The normalized spacial score (nSPS) is 13.3. The summed E-state index contributed by atoms with van der Waals surface area (Å²) in [6.45, 7) is 2.89. The van der Waals surface area contributed by atoms with Crippen LogP contribution in [0.2, 0.25) is 0 Å². The molecular formula is C18H21NO3. The van der Waals surface area contributed by atoms with Crippen molar-refractivity contribution in [3.63, 3.8) is 0 Å². The predicted molar refractivity (Wildman–Crippen MR) is 86.8 cm³/mol. The lowest BCUT2D eigenvalue weighted by molar-refractivity contribution is 0.111. The summed E-state index contributed by atoms with van der Waals surface area (Å²) < 4.78 is 16.4. The van der Waals surface area contributed by atoms with E-state index in [1.165, 1.54) is 11.1 Å². The van der Waals surface area contributed by atoms with Crippen molar-refractivity contribution >= 4 is 5.69 Å². The second-order valence-corrected chi connectivity index (χ2v) is 5.24. The number of benzene rings is 2. The minimum atomic E-state index is 0.598. The zero-order valence-corrected chi connectivity index (χ0v) is 12.8. The van der Waals surface area contributed by atoms with Gasteiger partial charge in [-0.15, -0.1) is 0 Å². The maximum atomic E-state index is 5.72. The number of hydrogen-bond acceptors (Lipinski definition) is 4. The number of nitrogens with one attached hydrogen (secondary N) is 1. The Morgan fingerprint density at radius 3 is 2.91 bits per heavy atom. The summed E-state index contributed by atoms with van der Waals surface area (Å²) in [6.07, 6.45) is 1.01. The minimum absolute atomic E-state index is 0.598. The highest BCUT2D eigenvalue weighted by Crippen LogP contribution is 2.21. The molecule has 0 saturated heterocycles. The van der Waals surface area contributed by atoms with E-state index < -0.39 is 0 Å². The summed E-state index contributed by atoms with van der Waals surface area (Å²) in [5.74, 6) is 1.63. The summed E-state index contributed by atoms with van der Waals surface area (Å²) >= 11 is 0. The molecule has 116 valence electrons. The van der Waals surface area contributed by atoms with Gasteiger partial charge in [0.15, 0.2) is 0 Å². The zero-order valence-electron chi connectivity index (χ0n) is 12.8. The Morgan fingerprint density at radius 2 is 2.00 bits per heavy atom. The molecule has 4 heteroatoms. The molecule has 3 rings (SSSR count). The van der Waals surface area contributed by atoms with Gasteiger partial charge >= 0.3 is 0 Å². The Balaban J connectivity index is 1.48. The van der Waals surface area contributed by atoms with E-state index in [1.54, 1.807) is 7.11 Å². The molecule has 0 fully saturated rings. The monoisotopic (exact) mass is 299 g/mol. The van der Waals surface area contributed by atoms with E-state index in [9.17, 15) is 0 Å². The van der Waals surface area contributed by atoms with Crippen molar-refractivity contribution in [2.45, 2.75) is 13.0 Å². The molecule has 0 spiro atoms. The molecule has 22 heavy (non-hydrogen) atoms. The fraction of sp³-hybridized carbons (Fsp3) is 0.333. The van der Waals surface area contributed by atoms with Crippen LogP contribution in [0.5, 0.6) is 11.5 Å². The lowest BCUT2D eigenvalue weighted by Gasteiger charge is -2.17. The number of fused-ring (bicyclic) bond motifs is 1. The van der Waals surface area contributed by atoms with Gasteiger partial charge in [0, 0.05) is 18.3 Å². The second-order valence-electron chi connectivity index (χ2n) is 5.24. The number of methoxy groups -OCH3 is 1. The smallest absolute Gasteiger partial charge is 0.123 e. The van der Waals surface area contributed by atoms with Crippen LogP contribution in [0.3, 0.4) is 0 Å². The third-order valence-corrected chi connectivity index (χ3v) is 3.72. The molecule has 0 saturated carbocycles. The molecule has 0 unspecified atom stereocenters. The molecule has 4 nitrogen and oxygen atoms in total. The number of hydrogen-bond donors (Lipinski definition) is 1. The third kappa shape index (κ3) is 3.71. The molecule has 2 aromatic rings. The first kappa shape index (κ1) is 14.7. The summed E-state index contributed by atoms with van der Waals surface area (Å²) in [4.78, 5) is 0. The summed E-state index contributed by atoms with van der Waals surface area (Å²) in [6, 6.07) is 14.1. The van der Waals surface area contributed by atoms with E-state index in [2.05, 4.69) is 23.5 Å². The average molecular weight is 299 g/mol. The fourth-order valence-electron chi connectivity index (χ4n) is 2.53. The SMILES string of the molecule is COc1cccc(OCCNc2ccc3c(c2)COCC3)c1. The second kappa shape index (κ2) is 7.18. The topological polar surface area (TPSA) is 39.7 Å². The Kier molecular flexibility index (Phi) is 4.81. The van der Waals surface area contributed by atoms with Gasteiger partial charge in [-0.25, -0.2) is 0 Å². The van der Waals surface area contributed by atoms with Crippen LogP contribution >= 0.6 is 0 Å². The Bertz CT molecular complexity index is 627. The van der Waals surface area contributed by atoms with Gasteiger partial charge in [0.2, 0.25) is 0 Å². The molecule has 0 amide bonds. The first-order valence-corrected chi connectivity index (χ1v) is 7.55. The zero-order chi connectivity index (χ0) is 15.2. The van der Waals surface area contributed by atoms with Gasteiger partial charge in [0.1, 0.15) is 18.1 Å². The summed E-state index contributed by atoms with van der Waals surface area (Å²) in [5.41, 5.74) is 3.79. The summed E-state index contributed by atoms with van der Waals surface area (Å²) in [5, 5.41) is 3.38. The molecule has 0 atom stereocenters. The Labute approximate surface area is 131 Å². The van der Waals surface area contributed by atoms with Crippen molar-refractivity contribution in [2.75, 3.05) is 32.2 Å². The van der Waals surface area contributed by atoms with Gasteiger partial charge in [0.25, 0.3) is 0 Å².